The molecule has 26 heavy (non-hydrogen) atoms. The molecule has 1 aromatic heterocycles. The molecule has 4 aromatic rings. The van der Waals surface area contributed by atoms with Crippen molar-refractivity contribution in [3.8, 4) is 11.5 Å². The summed E-state index contributed by atoms with van der Waals surface area (Å²) in [4.78, 5) is 0. The molecule has 5 rings (SSSR count). The molecule has 0 N–H and O–H groups in total. The summed E-state index contributed by atoms with van der Waals surface area (Å²) in [5.41, 5.74) is 2.78. The summed E-state index contributed by atoms with van der Waals surface area (Å²) < 4.78 is 33.4. The predicted molar refractivity (Wildman–Crippen MR) is 98.7 cm³/mol. The van der Waals surface area contributed by atoms with Gasteiger partial charge in [0.2, 0.25) is 0 Å². The van der Waals surface area contributed by atoms with Crippen LogP contribution in [0.25, 0.3) is 10.9 Å². The molecule has 1 aliphatic rings. The van der Waals surface area contributed by atoms with Crippen molar-refractivity contribution in [1.29, 1.82) is 0 Å². The Morgan fingerprint density at radius 2 is 1.42 bits per heavy atom. The summed E-state index contributed by atoms with van der Waals surface area (Å²) in [6, 6.07) is 21.5. The van der Waals surface area contributed by atoms with Crippen molar-refractivity contribution in [2.75, 3.05) is 0 Å². The van der Waals surface area contributed by atoms with Crippen LogP contribution in [0.4, 0.5) is 8.78 Å². The lowest BCUT2D eigenvalue weighted by molar-refractivity contribution is 0.577. The maximum atomic E-state index is 13.2. The van der Waals surface area contributed by atoms with Crippen molar-refractivity contribution in [2.45, 2.75) is 13.5 Å². The number of fused-ring (bicyclic) bond motifs is 2. The first-order valence-electron chi connectivity index (χ1n) is 8.37. The number of hydrogen-bond acceptors (Lipinski definition) is 1. The first kappa shape index (κ1) is 16.3. The van der Waals surface area contributed by atoms with E-state index >= 15 is 0 Å². The van der Waals surface area contributed by atoms with E-state index in [0.717, 1.165) is 34.2 Å². The average molecular weight is 349 g/mol. The Labute approximate surface area is 150 Å². The zero-order valence-corrected chi connectivity index (χ0v) is 14.2. The molecule has 0 fully saturated rings. The quantitative estimate of drug-likeness (QED) is 0.354. The van der Waals surface area contributed by atoms with Crippen LogP contribution < -0.4 is 4.74 Å². The molecule has 0 saturated heterocycles. The molecule has 0 amide bonds. The lowest BCUT2D eigenvalue weighted by atomic mass is 10.2. The van der Waals surface area contributed by atoms with Crippen molar-refractivity contribution in [2.24, 2.45) is 0 Å². The molecular formula is C22H17F2NO. The van der Waals surface area contributed by atoms with Crippen LogP contribution in [0, 0.1) is 18.6 Å². The van der Waals surface area contributed by atoms with Gasteiger partial charge in [0.05, 0.1) is 0 Å². The normalized spacial score (nSPS) is 11.3. The molecule has 0 radical (unpaired) electrons. The fourth-order valence-electron chi connectivity index (χ4n) is 3.05. The van der Waals surface area contributed by atoms with E-state index in [2.05, 4.69) is 10.6 Å². The Balaban J connectivity index is 0.000000198. The number of rotatable bonds is 2. The molecule has 4 heteroatoms. The van der Waals surface area contributed by atoms with Gasteiger partial charge in [-0.25, -0.2) is 8.78 Å². The van der Waals surface area contributed by atoms with Crippen LogP contribution >= 0.6 is 0 Å². The Morgan fingerprint density at radius 1 is 0.808 bits per heavy atom. The van der Waals surface area contributed by atoms with E-state index in [4.69, 9.17) is 4.74 Å². The highest BCUT2D eigenvalue weighted by molar-refractivity contribution is 5.81. The first-order valence-corrected chi connectivity index (χ1v) is 8.37. The maximum Gasteiger partial charge on any atom is 0.170 e. The Kier molecular flexibility index (Phi) is 4.17. The lowest BCUT2D eigenvalue weighted by Gasteiger charge is -2.09. The SMILES string of the molecule is Cc1cc2ccccc2n1Cc1cc(F)cc(F)c1.c1ccc2c(c1)O2. The average Bonchev–Trinajstić information content (AvgIpc) is 3.33. The third-order valence-corrected chi connectivity index (χ3v) is 4.31. The third kappa shape index (κ3) is 3.45. The molecule has 0 atom stereocenters. The molecule has 0 spiro atoms. The number of aromatic nitrogens is 1. The molecule has 0 aliphatic carbocycles. The summed E-state index contributed by atoms with van der Waals surface area (Å²) in [6.45, 7) is 2.46. The van der Waals surface area contributed by atoms with Gasteiger partial charge in [0.25, 0.3) is 0 Å². The number of aryl methyl sites for hydroxylation is 1. The second-order valence-electron chi connectivity index (χ2n) is 6.26. The summed E-state index contributed by atoms with van der Waals surface area (Å²) >= 11 is 0. The van der Waals surface area contributed by atoms with Crippen molar-refractivity contribution in [1.82, 2.24) is 4.57 Å². The lowest BCUT2D eigenvalue weighted by Crippen LogP contribution is -2.02. The van der Waals surface area contributed by atoms with Gasteiger partial charge in [-0.15, -0.1) is 0 Å². The summed E-state index contributed by atoms with van der Waals surface area (Å²) in [5.74, 6) is 0.984. The standard InChI is InChI=1S/C16H13F2N.C6H4O/c1-11-6-13-4-2-3-5-16(13)19(11)10-12-7-14(17)9-15(18)8-12;1-2-4-6-5(3-1)7-6/h2-9H,10H2,1H3;1-4H. The third-order valence-electron chi connectivity index (χ3n) is 4.31. The Hall–Kier alpha value is -3.14. The molecule has 130 valence electrons. The smallest absolute Gasteiger partial charge is 0.170 e. The second-order valence-corrected chi connectivity index (χ2v) is 6.26. The molecule has 0 bridgehead atoms. The number of halogens is 2. The zero-order valence-electron chi connectivity index (χ0n) is 14.2. The highest BCUT2D eigenvalue weighted by Gasteiger charge is 2.15. The van der Waals surface area contributed by atoms with Crippen LogP contribution in [0.1, 0.15) is 11.3 Å². The number of hydrogen-bond donors (Lipinski definition) is 0. The van der Waals surface area contributed by atoms with Gasteiger partial charge < -0.3 is 9.30 Å². The molecule has 0 unspecified atom stereocenters. The van der Waals surface area contributed by atoms with E-state index in [-0.39, 0.29) is 0 Å². The molecule has 2 nitrogen and oxygen atoms in total. The van der Waals surface area contributed by atoms with Gasteiger partial charge in [0.15, 0.2) is 11.5 Å². The minimum Gasteiger partial charge on any atom is -0.450 e. The molecular weight excluding hydrogens is 332 g/mol. The fraction of sp³-hybridized carbons (Fsp3) is 0.0909. The van der Waals surface area contributed by atoms with E-state index in [1.807, 2.05) is 55.5 Å². The van der Waals surface area contributed by atoms with Crippen molar-refractivity contribution < 1.29 is 13.5 Å². The van der Waals surface area contributed by atoms with Crippen LogP contribution in [0.2, 0.25) is 0 Å². The second kappa shape index (κ2) is 6.64. The number of ether oxygens (including phenoxy) is 1. The summed E-state index contributed by atoms with van der Waals surface area (Å²) in [5, 5.41) is 1.14. The van der Waals surface area contributed by atoms with Gasteiger partial charge in [-0.05, 0) is 54.3 Å². The monoisotopic (exact) mass is 349 g/mol. The van der Waals surface area contributed by atoms with Crippen LogP contribution in [0.15, 0.2) is 72.8 Å². The fourth-order valence-corrected chi connectivity index (χ4v) is 3.05. The van der Waals surface area contributed by atoms with Gasteiger partial charge in [-0.2, -0.15) is 0 Å². The molecule has 0 saturated carbocycles. The minimum absolute atomic E-state index is 0.466. The van der Waals surface area contributed by atoms with Gasteiger partial charge in [-0.3, -0.25) is 0 Å². The highest BCUT2D eigenvalue weighted by atomic mass is 19.1. The number of nitrogens with zero attached hydrogens (tertiary/aromatic N) is 1. The van der Waals surface area contributed by atoms with Crippen molar-refractivity contribution >= 4 is 10.9 Å². The van der Waals surface area contributed by atoms with Crippen LogP contribution in [0.5, 0.6) is 11.5 Å². The van der Waals surface area contributed by atoms with Crippen LogP contribution in [-0.2, 0) is 6.54 Å². The minimum atomic E-state index is -0.538. The first-order chi connectivity index (χ1) is 12.6. The van der Waals surface area contributed by atoms with Crippen LogP contribution in [-0.4, -0.2) is 4.57 Å². The number of para-hydroxylation sites is 3. The van der Waals surface area contributed by atoms with E-state index in [1.54, 1.807) is 0 Å². The summed E-state index contributed by atoms with van der Waals surface area (Å²) in [7, 11) is 0. The van der Waals surface area contributed by atoms with E-state index < -0.39 is 11.6 Å². The molecule has 3 aromatic carbocycles. The maximum absolute atomic E-state index is 13.2. The molecule has 2 heterocycles. The predicted octanol–water partition coefficient (Wildman–Crippen LogP) is 6.07. The van der Waals surface area contributed by atoms with Crippen molar-refractivity contribution in [3.05, 3.63) is 95.7 Å². The summed E-state index contributed by atoms with van der Waals surface area (Å²) in [6.07, 6.45) is 0. The van der Waals surface area contributed by atoms with Gasteiger partial charge in [0.1, 0.15) is 11.6 Å². The van der Waals surface area contributed by atoms with Gasteiger partial charge >= 0.3 is 0 Å². The van der Waals surface area contributed by atoms with E-state index in [0.29, 0.717) is 12.1 Å². The van der Waals surface area contributed by atoms with Crippen LogP contribution in [0.3, 0.4) is 0 Å². The Bertz CT molecular complexity index is 1040. The largest absolute Gasteiger partial charge is 0.450 e. The van der Waals surface area contributed by atoms with Gasteiger partial charge in [0, 0.05) is 23.8 Å². The van der Waals surface area contributed by atoms with Gasteiger partial charge in [-0.1, -0.05) is 30.3 Å². The Morgan fingerprint density at radius 3 is 2.08 bits per heavy atom. The molecule has 1 aliphatic heterocycles. The zero-order chi connectivity index (χ0) is 18.1. The van der Waals surface area contributed by atoms with E-state index in [1.165, 1.54) is 12.1 Å². The highest BCUT2D eigenvalue weighted by Crippen LogP contribution is 2.43. The topological polar surface area (TPSA) is 17.5 Å². The number of benzene rings is 3. The van der Waals surface area contributed by atoms with E-state index in [9.17, 15) is 8.78 Å². The van der Waals surface area contributed by atoms with Crippen molar-refractivity contribution in [3.63, 3.8) is 0 Å².